The number of para-hydroxylation sites is 4. The van der Waals surface area contributed by atoms with Gasteiger partial charge in [-0.3, -0.25) is 14.5 Å². The zero-order chi connectivity index (χ0) is 65.3. The van der Waals surface area contributed by atoms with E-state index in [1.165, 1.54) is 131 Å². The van der Waals surface area contributed by atoms with Gasteiger partial charge in [-0.2, -0.15) is 0 Å². The molecule has 0 aliphatic heterocycles. The summed E-state index contributed by atoms with van der Waals surface area (Å²) in [5.41, 5.74) is 19.2. The second-order valence-corrected chi connectivity index (χ2v) is 25.8. The minimum absolute atomic E-state index is 0.911. The van der Waals surface area contributed by atoms with Gasteiger partial charge in [0.15, 0.2) is 0 Å². The predicted octanol–water partition coefficient (Wildman–Crippen LogP) is 25.5. The SMILES string of the molecule is c1ccc(-n2c(-c3ccc4c(-c5ccc6ccccc6c5)c5ccccc5c(-c5ccc6ccccc6c5)c4c3)nc3ccccc32)cc1.c1ccc2cc(-c3c4ccccc4c(-c4ccc5ccccc5c4)c4cc(-c5ccc(-c6cnc7ccccc7c6)nc5)ccc34)ccc2c1. The van der Waals surface area contributed by atoms with Gasteiger partial charge in [0.05, 0.1) is 22.2 Å². The minimum Gasteiger partial charge on any atom is -0.292 e. The molecular formula is C95H60N4. The van der Waals surface area contributed by atoms with E-state index in [0.29, 0.717) is 0 Å². The normalized spacial score (nSPS) is 11.6. The Bertz CT molecular complexity index is 6600. The fourth-order valence-electron chi connectivity index (χ4n) is 15.3. The number of imidazole rings is 1. The maximum absolute atomic E-state index is 5.25. The van der Waals surface area contributed by atoms with Crippen molar-refractivity contribution in [2.75, 3.05) is 0 Å². The quantitative estimate of drug-likeness (QED) is 0.142. The van der Waals surface area contributed by atoms with Crippen LogP contribution in [-0.4, -0.2) is 19.5 Å². The highest BCUT2D eigenvalue weighted by molar-refractivity contribution is 6.24. The summed E-state index contributed by atoms with van der Waals surface area (Å²) in [6.45, 7) is 0. The Balaban J connectivity index is 0.000000138. The van der Waals surface area contributed by atoms with E-state index in [1.807, 2.05) is 30.6 Å². The first kappa shape index (κ1) is 57.3. The van der Waals surface area contributed by atoms with E-state index in [2.05, 4.69) is 343 Å². The molecular weight excluding hydrogens is 1200 g/mol. The Morgan fingerprint density at radius 1 is 0.202 bits per heavy atom. The maximum atomic E-state index is 5.25. The zero-order valence-electron chi connectivity index (χ0n) is 53.9. The van der Waals surface area contributed by atoms with Crippen LogP contribution in [0.3, 0.4) is 0 Å². The van der Waals surface area contributed by atoms with Gasteiger partial charge in [-0.1, -0.05) is 273 Å². The fourth-order valence-corrected chi connectivity index (χ4v) is 15.3. The van der Waals surface area contributed by atoms with E-state index in [1.54, 1.807) is 0 Å². The van der Waals surface area contributed by atoms with Crippen molar-refractivity contribution in [1.29, 1.82) is 0 Å². The molecule has 460 valence electrons. The van der Waals surface area contributed by atoms with Crippen LogP contribution in [0.25, 0.3) is 192 Å². The Hall–Kier alpha value is -13.2. The summed E-state index contributed by atoms with van der Waals surface area (Å²) in [5, 5.41) is 20.9. The van der Waals surface area contributed by atoms with Crippen LogP contribution in [0, 0.1) is 0 Å². The number of hydrogen-bond acceptors (Lipinski definition) is 3. The smallest absolute Gasteiger partial charge is 0.145 e. The summed E-state index contributed by atoms with van der Waals surface area (Å²) in [5.74, 6) is 0.930. The summed E-state index contributed by atoms with van der Waals surface area (Å²) in [6.07, 6.45) is 3.91. The van der Waals surface area contributed by atoms with Crippen LogP contribution in [0.2, 0.25) is 0 Å². The average molecular weight is 1260 g/mol. The third-order valence-corrected chi connectivity index (χ3v) is 20.0. The molecule has 0 saturated heterocycles. The highest BCUT2D eigenvalue weighted by Crippen LogP contribution is 2.49. The van der Waals surface area contributed by atoms with E-state index in [-0.39, 0.29) is 0 Å². The Morgan fingerprint density at radius 2 is 0.556 bits per heavy atom. The van der Waals surface area contributed by atoms with Gasteiger partial charge in [-0.05, 0) is 215 Å². The molecule has 0 spiro atoms. The molecule has 0 unspecified atom stereocenters. The maximum Gasteiger partial charge on any atom is 0.145 e. The van der Waals surface area contributed by atoms with Crippen molar-refractivity contribution in [3.63, 3.8) is 0 Å². The predicted molar refractivity (Wildman–Crippen MR) is 419 cm³/mol. The molecule has 4 heteroatoms. The molecule has 0 amide bonds. The van der Waals surface area contributed by atoms with Gasteiger partial charge >= 0.3 is 0 Å². The molecule has 3 heterocycles. The number of pyridine rings is 2. The van der Waals surface area contributed by atoms with Gasteiger partial charge in [0.25, 0.3) is 0 Å². The minimum atomic E-state index is 0.911. The van der Waals surface area contributed by atoms with Crippen LogP contribution in [0.1, 0.15) is 0 Å². The Labute approximate surface area is 572 Å². The first-order valence-corrected chi connectivity index (χ1v) is 33.9. The lowest BCUT2D eigenvalue weighted by atomic mass is 9.84. The van der Waals surface area contributed by atoms with Gasteiger partial charge < -0.3 is 0 Å². The Kier molecular flexibility index (Phi) is 13.9. The van der Waals surface area contributed by atoms with E-state index >= 15 is 0 Å². The highest BCUT2D eigenvalue weighted by atomic mass is 15.1. The molecule has 0 bridgehead atoms. The van der Waals surface area contributed by atoms with E-state index in [0.717, 1.165) is 61.4 Å². The molecule has 3 aromatic heterocycles. The standard InChI is InChI=1S/C48H30N2.C47H30N2/c1-3-11-33-25-37(19-17-31(33)9-1)47-41-14-6-7-15-42(41)48(38-20-18-32-10-2-4-12-34(32)26-38)44-28-35(21-23-43(44)47)39-22-24-46(49-29-39)40-27-36-13-5-8-16-45(36)50-30-40;1-2-16-38(17-3-1)49-44-21-11-10-20-43(44)48-47(49)37-26-27-41-42(30-37)46(36-25-23-32-13-5-7-15-34(32)29-36)40-19-9-8-18-39(40)45(41)35-24-22-31-12-4-6-14-33(31)28-35/h1-30H;1-30H. The molecule has 17 aromatic carbocycles. The molecule has 0 aliphatic rings. The van der Waals surface area contributed by atoms with E-state index in [4.69, 9.17) is 9.97 Å². The number of benzene rings is 17. The number of fused-ring (bicyclic) bond motifs is 10. The summed E-state index contributed by atoms with van der Waals surface area (Å²) < 4.78 is 2.29. The van der Waals surface area contributed by atoms with Crippen molar-refractivity contribution in [1.82, 2.24) is 19.5 Å². The van der Waals surface area contributed by atoms with Gasteiger partial charge in [0.1, 0.15) is 5.82 Å². The van der Waals surface area contributed by atoms with Crippen LogP contribution in [0.5, 0.6) is 0 Å². The highest BCUT2D eigenvalue weighted by Gasteiger charge is 2.23. The number of aromatic nitrogens is 4. The third-order valence-electron chi connectivity index (χ3n) is 20.0. The third kappa shape index (κ3) is 10.1. The summed E-state index contributed by atoms with van der Waals surface area (Å²) >= 11 is 0. The lowest BCUT2D eigenvalue weighted by Gasteiger charge is -2.19. The molecule has 0 saturated carbocycles. The zero-order valence-corrected chi connectivity index (χ0v) is 53.9. The van der Waals surface area contributed by atoms with Crippen molar-refractivity contribution in [2.45, 2.75) is 0 Å². The molecule has 99 heavy (non-hydrogen) atoms. The lowest BCUT2D eigenvalue weighted by Crippen LogP contribution is -1.98. The molecule has 20 aromatic rings. The van der Waals surface area contributed by atoms with Gasteiger partial charge in [-0.25, -0.2) is 4.98 Å². The Morgan fingerprint density at radius 3 is 1.04 bits per heavy atom. The van der Waals surface area contributed by atoms with Crippen LogP contribution < -0.4 is 0 Å². The van der Waals surface area contributed by atoms with Crippen molar-refractivity contribution in [3.05, 3.63) is 364 Å². The van der Waals surface area contributed by atoms with Crippen LogP contribution in [0.15, 0.2) is 364 Å². The van der Waals surface area contributed by atoms with Gasteiger partial charge in [-0.15, -0.1) is 0 Å². The molecule has 0 atom stereocenters. The monoisotopic (exact) mass is 1260 g/mol. The summed E-state index contributed by atoms with van der Waals surface area (Å²) in [4.78, 5) is 14.8. The lowest BCUT2D eigenvalue weighted by molar-refractivity contribution is 1.10. The second-order valence-electron chi connectivity index (χ2n) is 25.8. The van der Waals surface area contributed by atoms with E-state index in [9.17, 15) is 0 Å². The van der Waals surface area contributed by atoms with Crippen molar-refractivity contribution in [3.8, 4) is 84.0 Å². The van der Waals surface area contributed by atoms with Crippen LogP contribution >= 0.6 is 0 Å². The molecule has 20 rings (SSSR count). The second kappa shape index (κ2) is 23.9. The van der Waals surface area contributed by atoms with Crippen LogP contribution in [0.4, 0.5) is 0 Å². The summed E-state index contributed by atoms with van der Waals surface area (Å²) in [6, 6.07) is 127. The van der Waals surface area contributed by atoms with Crippen molar-refractivity contribution < 1.29 is 0 Å². The van der Waals surface area contributed by atoms with Crippen LogP contribution in [-0.2, 0) is 0 Å². The van der Waals surface area contributed by atoms with E-state index < -0.39 is 0 Å². The largest absolute Gasteiger partial charge is 0.292 e. The number of hydrogen-bond donors (Lipinski definition) is 0. The van der Waals surface area contributed by atoms with Gasteiger partial charge in [0, 0.05) is 40.2 Å². The number of nitrogens with zero attached hydrogens (tertiary/aromatic N) is 4. The van der Waals surface area contributed by atoms with Crippen molar-refractivity contribution in [2.24, 2.45) is 0 Å². The van der Waals surface area contributed by atoms with Crippen molar-refractivity contribution >= 4 is 108 Å². The molecule has 0 fully saturated rings. The first-order chi connectivity index (χ1) is 49.1. The topological polar surface area (TPSA) is 43.6 Å². The molecule has 0 N–H and O–H groups in total. The average Bonchev–Trinajstić information content (AvgIpc) is 1.10. The summed E-state index contributed by atoms with van der Waals surface area (Å²) in [7, 11) is 0. The number of rotatable bonds is 8. The van der Waals surface area contributed by atoms with Gasteiger partial charge in [0.2, 0.25) is 0 Å². The molecule has 0 radical (unpaired) electrons. The molecule has 0 aliphatic carbocycles. The fraction of sp³-hybridized carbons (Fsp3) is 0. The first-order valence-electron chi connectivity index (χ1n) is 33.9. The molecule has 4 nitrogen and oxygen atoms in total.